The first-order valence-corrected chi connectivity index (χ1v) is 37.2. The van der Waals surface area contributed by atoms with Crippen LogP contribution in [0.5, 0.6) is 23.0 Å². The number of nitrogens with zero attached hydrogens (tertiary/aromatic N) is 4. The van der Waals surface area contributed by atoms with Crippen molar-refractivity contribution in [3.8, 4) is 23.0 Å². The van der Waals surface area contributed by atoms with E-state index < -0.39 is 74.5 Å². The molecule has 2 saturated heterocycles. The molecule has 8 heterocycles. The third-order valence-electron chi connectivity index (χ3n) is 21.8. The van der Waals surface area contributed by atoms with E-state index in [9.17, 15) is 38.4 Å². The van der Waals surface area contributed by atoms with Crippen LogP contribution in [0, 0.1) is 48.3 Å². The number of ether oxygens (including phenoxy) is 8. The maximum absolute atomic E-state index is 14.7. The third-order valence-corrected chi connectivity index (χ3v) is 22.1. The first kappa shape index (κ1) is 80.5. The van der Waals surface area contributed by atoms with Gasteiger partial charge in [0, 0.05) is 74.3 Å². The van der Waals surface area contributed by atoms with Crippen molar-refractivity contribution in [2.45, 2.75) is 244 Å². The Balaban J connectivity index is 0.000000256. The van der Waals surface area contributed by atoms with Crippen LogP contribution in [0.4, 0.5) is 0 Å². The molecule has 11 atom stereocenters. The number of halogens is 1. The fourth-order valence-electron chi connectivity index (χ4n) is 16.6. The fourth-order valence-corrected chi connectivity index (χ4v) is 17.1. The van der Waals surface area contributed by atoms with E-state index in [0.717, 1.165) is 95.7 Å². The quantitative estimate of drug-likeness (QED) is 0.0471. The van der Waals surface area contributed by atoms with Crippen LogP contribution < -0.4 is 48.5 Å². The van der Waals surface area contributed by atoms with Gasteiger partial charge in [0.1, 0.15) is 45.4 Å². The molecule has 551 valence electrons. The summed E-state index contributed by atoms with van der Waals surface area (Å²) in [6.45, 7) is 18.9. The largest absolute Gasteiger partial charge is 1.00 e. The number of methoxy groups -OCH3 is 2. The van der Waals surface area contributed by atoms with Crippen LogP contribution in [0.25, 0.3) is 21.8 Å². The number of carbonyl (C=O) groups is 8. The Morgan fingerprint density at radius 3 is 1.53 bits per heavy atom. The van der Waals surface area contributed by atoms with E-state index in [0.29, 0.717) is 74.3 Å². The minimum Gasteiger partial charge on any atom is -1.00 e. The number of hydrogen-bond acceptors (Lipinski definition) is 18. The molecule has 3 radical (unpaired) electrons. The Hall–Kier alpha value is -6.55. The summed E-state index contributed by atoms with van der Waals surface area (Å²) in [5.74, 6) is -1.38. The average molecular weight is 1450 g/mol. The summed E-state index contributed by atoms with van der Waals surface area (Å²) in [5.41, 5.74) is -0.227. The maximum atomic E-state index is 14.7. The summed E-state index contributed by atoms with van der Waals surface area (Å²) < 4.78 is 47.2. The van der Waals surface area contributed by atoms with Gasteiger partial charge < -0.3 is 49.1 Å². The number of carbonyl (C=O) groups excluding carboxylic acids is 8. The Kier molecular flexibility index (Phi) is 25.5. The van der Waals surface area contributed by atoms with Gasteiger partial charge in [0.05, 0.1) is 104 Å². The van der Waals surface area contributed by atoms with Crippen molar-refractivity contribution in [1.29, 1.82) is 0 Å². The number of aromatic nitrogens is 2. The van der Waals surface area contributed by atoms with Crippen molar-refractivity contribution < 1.29 is 107 Å². The molecule has 1 unspecified atom stereocenters. The topological polar surface area (TPSA) is 243 Å². The number of pyridine rings is 2. The Morgan fingerprint density at radius 1 is 0.612 bits per heavy atom. The molecular weight excluding hydrogens is 1340 g/mol. The van der Waals surface area contributed by atoms with Gasteiger partial charge in [-0.25, -0.2) is 9.97 Å². The fraction of sp³-hybridized carbons (Fsp3) is 0.625. The molecule has 0 N–H and O–H groups in total. The van der Waals surface area contributed by atoms with Gasteiger partial charge in [0.15, 0.2) is 11.6 Å². The van der Waals surface area contributed by atoms with Crippen LogP contribution in [0.3, 0.4) is 0 Å². The van der Waals surface area contributed by atoms with Crippen molar-refractivity contribution in [3.05, 3.63) is 83.2 Å². The minimum absolute atomic E-state index is 0. The molecule has 6 aliphatic heterocycles. The summed E-state index contributed by atoms with van der Waals surface area (Å²) in [5, 5.41) is 1.28. The smallest absolute Gasteiger partial charge is 1.00 e. The molecule has 20 nitrogen and oxygen atoms in total. The van der Waals surface area contributed by atoms with Gasteiger partial charge >= 0.3 is 53.4 Å². The first-order chi connectivity index (χ1) is 48.0. The van der Waals surface area contributed by atoms with Gasteiger partial charge in [0.2, 0.25) is 11.8 Å². The summed E-state index contributed by atoms with van der Waals surface area (Å²) in [4.78, 5) is 125. The zero-order chi connectivity index (χ0) is 72.6. The zero-order valence-electron chi connectivity index (χ0n) is 63.8. The van der Waals surface area contributed by atoms with Crippen molar-refractivity contribution in [3.63, 3.8) is 0 Å². The Morgan fingerprint density at radius 2 is 1.06 bits per heavy atom. The van der Waals surface area contributed by atoms with Gasteiger partial charge in [-0.1, -0.05) is 50.0 Å². The van der Waals surface area contributed by atoms with Gasteiger partial charge in [-0.15, -0.1) is 11.6 Å². The monoisotopic (exact) mass is 1450 g/mol. The van der Waals surface area contributed by atoms with E-state index >= 15 is 0 Å². The molecule has 23 heteroatoms. The first-order valence-electron chi connectivity index (χ1n) is 36.7. The molecule has 2 aromatic carbocycles. The van der Waals surface area contributed by atoms with Gasteiger partial charge in [-0.3, -0.25) is 38.4 Å². The van der Waals surface area contributed by atoms with Crippen LogP contribution in [0.15, 0.2) is 60.7 Å². The average Bonchev–Trinajstić information content (AvgIpc) is 1.52. The second-order valence-electron chi connectivity index (χ2n) is 31.6. The summed E-state index contributed by atoms with van der Waals surface area (Å²) in [7, 11) is 3.24. The molecule has 2 amide bonds. The predicted octanol–water partition coefficient (Wildman–Crippen LogP) is 10.7. The summed E-state index contributed by atoms with van der Waals surface area (Å²) in [6, 6.07) is 9.78. The molecule has 2 aromatic heterocycles. The molecular formula is C80H104BClN4NaO16. The molecule has 12 rings (SSSR count). The molecule has 4 fully saturated rings. The van der Waals surface area contributed by atoms with Gasteiger partial charge in [-0.2, -0.15) is 0 Å². The van der Waals surface area contributed by atoms with Crippen LogP contribution in [0.1, 0.15) is 213 Å². The van der Waals surface area contributed by atoms with Crippen molar-refractivity contribution in [1.82, 2.24) is 19.8 Å². The third kappa shape index (κ3) is 17.8. The van der Waals surface area contributed by atoms with Crippen molar-refractivity contribution in [2.75, 3.05) is 40.5 Å². The minimum atomic E-state index is -0.990. The molecule has 8 aliphatic rings. The number of hydrogen-bond donors (Lipinski definition) is 0. The number of ketones is 2. The summed E-state index contributed by atoms with van der Waals surface area (Å²) in [6.07, 6.45) is 19.1. The normalized spacial score (nSPS) is 29.2. The second-order valence-corrected chi connectivity index (χ2v) is 32.1. The molecule has 2 saturated carbocycles. The van der Waals surface area contributed by atoms with E-state index in [2.05, 4.69) is 24.3 Å². The standard InChI is InChI=1S/C40H51ClN2O8.C40H52N2O8.B.Na.H/c1-7-49-37(47)40-19-26(40)14-12-10-8-9-11-13-25(17-33(45)50-38(3,4)5)36(46)43-23-39(21-31(43)32(44)22-40)20-29(41)34-28-18-27(48-6)15-16-30(28)42-24(2)35(34)51-39;1-7-48-37(46)40-21-27(40)14-12-10-8-9-11-13-26(19-34(44)49-38(3,4)5)36(45)42-24-39(22-32(42)33(43)23-40)18-17-29-30-20-28(47-6)15-16-31(30)41-25(2)35(29)50-39;;;/h12,14-16,18,25-26,29,31H,7-11,13,17,19-23H2,1-6H3;12,14-16,20,26-27,32H,7-11,13,17-19,21-24H2,1-6H3;;;/q;;;+1;-1/b2*14-12-;;;/t25-,26-,29?,31+,39-,40-;26-,27-,32+,39-,40-;;;/m11.../s1. The Bertz CT molecular complexity index is 3950. The van der Waals surface area contributed by atoms with Crippen LogP contribution >= 0.6 is 11.6 Å². The van der Waals surface area contributed by atoms with E-state index in [1.54, 1.807) is 58.6 Å². The number of esters is 4. The predicted molar refractivity (Wildman–Crippen MR) is 387 cm³/mol. The van der Waals surface area contributed by atoms with Crippen molar-refractivity contribution in [2.24, 2.45) is 34.5 Å². The number of rotatable bonds is 10. The molecule has 0 bridgehead atoms. The zero-order valence-corrected chi connectivity index (χ0v) is 65.5. The van der Waals surface area contributed by atoms with Gasteiger partial charge in [-0.05, 0) is 182 Å². The number of alkyl halides is 1. The molecule has 2 aliphatic carbocycles. The molecule has 2 spiro atoms. The van der Waals surface area contributed by atoms with E-state index in [1.165, 1.54) is 0 Å². The number of amides is 2. The van der Waals surface area contributed by atoms with Crippen LogP contribution in [0.2, 0.25) is 0 Å². The van der Waals surface area contributed by atoms with E-state index in [4.69, 9.17) is 59.5 Å². The Labute approximate surface area is 637 Å². The number of fused-ring (bicyclic) bond motifs is 10. The molecule has 4 aromatic rings. The van der Waals surface area contributed by atoms with Crippen LogP contribution in [-0.4, -0.2) is 150 Å². The van der Waals surface area contributed by atoms with Gasteiger partial charge in [0.25, 0.3) is 0 Å². The van der Waals surface area contributed by atoms with E-state index in [1.807, 2.05) is 71.0 Å². The van der Waals surface area contributed by atoms with E-state index in [-0.39, 0.29) is 145 Å². The second kappa shape index (κ2) is 32.7. The maximum Gasteiger partial charge on any atom is 1.00 e. The molecule has 103 heavy (non-hydrogen) atoms. The number of Topliss-reactive ketones (excluding diaryl/α,β-unsaturated/α-hetero) is 2. The SMILES string of the molecule is CCOC(=O)[C@]12CC(=O)[C@@H]3C[C@]4(CC(Cl)c5c(c(C)nc6ccc(OC)cc56)O4)CN3C(=O)[C@@H](CC(=O)OC(C)(C)C)CCCCC/C=C\[C@@H]1C2.CCOC(=O)[C@]12CC(=O)[C@@H]3C[C@]4(CCc5c(c(C)nc6ccc(OC)cc56)O4)CN3C(=O)[C@@H](CC(=O)OC(C)(C)C)CCCCC/C=C\[C@@H]1C2.[B].[H-].[Na+]. The number of aryl methyl sites for hydroxylation is 3. The van der Waals surface area contributed by atoms with Crippen LogP contribution in [-0.2, 0) is 63.7 Å². The van der Waals surface area contributed by atoms with Crippen molar-refractivity contribution >= 4 is 89.1 Å². The summed E-state index contributed by atoms with van der Waals surface area (Å²) >= 11 is 7.27. The number of allylic oxidation sites excluding steroid dienone is 4. The number of benzene rings is 2.